The van der Waals surface area contributed by atoms with E-state index in [1.54, 1.807) is 55.1 Å². The highest BCUT2D eigenvalue weighted by molar-refractivity contribution is 7.98. The predicted octanol–water partition coefficient (Wildman–Crippen LogP) is 5.94. The van der Waals surface area contributed by atoms with Gasteiger partial charge < -0.3 is 5.32 Å². The van der Waals surface area contributed by atoms with Gasteiger partial charge in [-0.25, -0.2) is 8.42 Å². The Morgan fingerprint density at radius 1 is 1.00 bits per heavy atom. The van der Waals surface area contributed by atoms with Crippen LogP contribution in [0.4, 0.5) is 5.69 Å². The minimum atomic E-state index is -3.95. The number of carbonyl (C=O) groups is 1. The van der Waals surface area contributed by atoms with Crippen molar-refractivity contribution in [3.8, 4) is 0 Å². The van der Waals surface area contributed by atoms with E-state index < -0.39 is 10.0 Å². The molecule has 9 heteroatoms. The normalized spacial score (nSPS) is 11.3. The van der Waals surface area contributed by atoms with Crippen molar-refractivity contribution in [3.05, 3.63) is 94.0 Å². The highest BCUT2D eigenvalue weighted by Crippen LogP contribution is 2.28. The fourth-order valence-corrected chi connectivity index (χ4v) is 6.28. The SMILES string of the molecule is Cc1cc(Cl)ccc1N(CC(=O)NCCCSCc1ccccc1Cl)S(=O)(=O)c1ccccc1. The van der Waals surface area contributed by atoms with Gasteiger partial charge in [0.15, 0.2) is 0 Å². The molecule has 0 aliphatic rings. The summed E-state index contributed by atoms with van der Waals surface area (Å²) >= 11 is 14.0. The van der Waals surface area contributed by atoms with Gasteiger partial charge in [0.2, 0.25) is 5.91 Å². The molecule has 1 amide bonds. The third-order valence-electron chi connectivity index (χ3n) is 5.05. The van der Waals surface area contributed by atoms with E-state index in [1.165, 1.54) is 12.1 Å². The molecule has 3 rings (SSSR count). The fourth-order valence-electron chi connectivity index (χ4n) is 3.30. The summed E-state index contributed by atoms with van der Waals surface area (Å²) in [5.41, 5.74) is 2.16. The standard InChI is InChI=1S/C25H26Cl2N2O3S2/c1-19-16-21(26)12-13-24(19)29(34(31,32)22-9-3-2-4-10-22)17-25(30)28-14-7-15-33-18-20-8-5-6-11-23(20)27/h2-6,8-13,16H,7,14-15,17-18H2,1H3,(H,28,30). The topological polar surface area (TPSA) is 66.5 Å². The van der Waals surface area contributed by atoms with Gasteiger partial charge in [-0.1, -0.05) is 59.6 Å². The smallest absolute Gasteiger partial charge is 0.264 e. The molecule has 3 aromatic rings. The quantitative estimate of drug-likeness (QED) is 0.308. The first kappa shape index (κ1) is 26.4. The number of amides is 1. The van der Waals surface area contributed by atoms with Crippen molar-refractivity contribution in [2.24, 2.45) is 0 Å². The van der Waals surface area contributed by atoms with E-state index in [0.29, 0.717) is 22.8 Å². The molecule has 0 aliphatic heterocycles. The summed E-state index contributed by atoms with van der Waals surface area (Å²) in [6, 6.07) is 20.7. The van der Waals surface area contributed by atoms with Gasteiger partial charge in [0, 0.05) is 22.3 Å². The molecule has 0 spiro atoms. The van der Waals surface area contributed by atoms with E-state index in [2.05, 4.69) is 5.32 Å². The third-order valence-corrected chi connectivity index (χ3v) is 8.52. The van der Waals surface area contributed by atoms with Gasteiger partial charge in [-0.2, -0.15) is 11.8 Å². The van der Waals surface area contributed by atoms with E-state index in [9.17, 15) is 13.2 Å². The number of benzene rings is 3. The molecule has 0 fully saturated rings. The molecule has 0 radical (unpaired) electrons. The lowest BCUT2D eigenvalue weighted by molar-refractivity contribution is -0.119. The Morgan fingerprint density at radius 3 is 2.41 bits per heavy atom. The van der Waals surface area contributed by atoms with Crippen molar-refractivity contribution >= 4 is 56.6 Å². The number of hydrogen-bond acceptors (Lipinski definition) is 4. The number of hydrogen-bond donors (Lipinski definition) is 1. The molecule has 0 saturated carbocycles. The Kier molecular flexibility index (Phi) is 9.71. The van der Waals surface area contributed by atoms with Crippen LogP contribution in [0.15, 0.2) is 77.7 Å². The molecule has 34 heavy (non-hydrogen) atoms. The molecular formula is C25H26Cl2N2O3S2. The maximum atomic E-state index is 13.4. The van der Waals surface area contributed by atoms with E-state index in [0.717, 1.165) is 32.8 Å². The third kappa shape index (κ3) is 7.15. The lowest BCUT2D eigenvalue weighted by atomic mass is 10.2. The minimum absolute atomic E-state index is 0.119. The van der Waals surface area contributed by atoms with Gasteiger partial charge >= 0.3 is 0 Å². The van der Waals surface area contributed by atoms with Crippen molar-refractivity contribution in [1.29, 1.82) is 0 Å². The van der Waals surface area contributed by atoms with Crippen LogP contribution >= 0.6 is 35.0 Å². The molecule has 180 valence electrons. The number of carbonyl (C=O) groups excluding carboxylic acids is 1. The summed E-state index contributed by atoms with van der Waals surface area (Å²) in [6.07, 6.45) is 0.756. The number of sulfonamides is 1. The van der Waals surface area contributed by atoms with Crippen LogP contribution in [0.5, 0.6) is 0 Å². The largest absolute Gasteiger partial charge is 0.354 e. The van der Waals surface area contributed by atoms with Gasteiger partial charge in [0.05, 0.1) is 10.6 Å². The average molecular weight is 538 g/mol. The first-order valence-corrected chi connectivity index (χ1v) is 14.1. The summed E-state index contributed by atoms with van der Waals surface area (Å²) in [6.45, 7) is 1.89. The Hall–Kier alpha value is -2.19. The summed E-state index contributed by atoms with van der Waals surface area (Å²) in [5.74, 6) is 1.27. The van der Waals surface area contributed by atoms with Gasteiger partial charge in [-0.15, -0.1) is 0 Å². The van der Waals surface area contributed by atoms with Gasteiger partial charge in [0.25, 0.3) is 10.0 Å². The Labute approximate surface area is 215 Å². The van der Waals surface area contributed by atoms with E-state index >= 15 is 0 Å². The van der Waals surface area contributed by atoms with Crippen LogP contribution < -0.4 is 9.62 Å². The molecule has 0 unspecified atom stereocenters. The average Bonchev–Trinajstić information content (AvgIpc) is 2.82. The first-order valence-electron chi connectivity index (χ1n) is 10.7. The van der Waals surface area contributed by atoms with Crippen LogP contribution in [0.1, 0.15) is 17.5 Å². The zero-order valence-corrected chi connectivity index (χ0v) is 21.9. The number of rotatable bonds is 11. The van der Waals surface area contributed by atoms with Gasteiger partial charge in [-0.3, -0.25) is 9.10 Å². The number of thioether (sulfide) groups is 1. The highest BCUT2D eigenvalue weighted by atomic mass is 35.5. The predicted molar refractivity (Wildman–Crippen MR) is 142 cm³/mol. The number of halogens is 2. The lowest BCUT2D eigenvalue weighted by Crippen LogP contribution is -2.41. The number of anilines is 1. The van der Waals surface area contributed by atoms with Crippen LogP contribution in [-0.2, 0) is 20.6 Å². The summed E-state index contributed by atoms with van der Waals surface area (Å²) < 4.78 is 27.9. The summed E-state index contributed by atoms with van der Waals surface area (Å²) in [7, 11) is -3.95. The molecule has 5 nitrogen and oxygen atoms in total. The number of nitrogens with one attached hydrogen (secondary N) is 1. The lowest BCUT2D eigenvalue weighted by Gasteiger charge is -2.25. The van der Waals surface area contributed by atoms with Crippen LogP contribution in [0, 0.1) is 6.92 Å². The number of nitrogens with zero attached hydrogens (tertiary/aromatic N) is 1. The zero-order valence-electron chi connectivity index (χ0n) is 18.7. The molecule has 0 bridgehead atoms. The molecule has 0 atom stereocenters. The Morgan fingerprint density at radius 2 is 1.71 bits per heavy atom. The van der Waals surface area contributed by atoms with Crippen LogP contribution in [0.3, 0.4) is 0 Å². The zero-order chi connectivity index (χ0) is 24.6. The molecule has 0 aromatic heterocycles. The second-order valence-corrected chi connectivity index (χ2v) is 11.4. The van der Waals surface area contributed by atoms with Crippen LogP contribution in [-0.4, -0.2) is 33.2 Å². The maximum Gasteiger partial charge on any atom is 0.264 e. The molecule has 1 N–H and O–H groups in total. The molecule has 3 aromatic carbocycles. The molecular weight excluding hydrogens is 511 g/mol. The fraction of sp³-hybridized carbons (Fsp3) is 0.240. The van der Waals surface area contributed by atoms with E-state index in [-0.39, 0.29) is 17.3 Å². The summed E-state index contributed by atoms with van der Waals surface area (Å²) in [5, 5.41) is 4.08. The Bertz CT molecular complexity index is 1220. The van der Waals surface area contributed by atoms with Gasteiger partial charge in [-0.05, 0) is 66.6 Å². The first-order chi connectivity index (χ1) is 16.3. The van der Waals surface area contributed by atoms with E-state index in [1.807, 2.05) is 24.3 Å². The summed E-state index contributed by atoms with van der Waals surface area (Å²) in [4.78, 5) is 12.8. The highest BCUT2D eigenvalue weighted by Gasteiger charge is 2.28. The molecule has 0 heterocycles. The monoisotopic (exact) mass is 536 g/mol. The van der Waals surface area contributed by atoms with E-state index in [4.69, 9.17) is 23.2 Å². The van der Waals surface area contributed by atoms with Crippen molar-refractivity contribution in [2.45, 2.75) is 24.0 Å². The number of aryl methyl sites for hydroxylation is 1. The van der Waals surface area contributed by atoms with Crippen molar-refractivity contribution in [1.82, 2.24) is 5.32 Å². The van der Waals surface area contributed by atoms with Crippen molar-refractivity contribution in [3.63, 3.8) is 0 Å². The van der Waals surface area contributed by atoms with Crippen molar-refractivity contribution < 1.29 is 13.2 Å². The molecule has 0 saturated heterocycles. The maximum absolute atomic E-state index is 13.4. The molecule has 0 aliphatic carbocycles. The minimum Gasteiger partial charge on any atom is -0.354 e. The Balaban J connectivity index is 1.61. The van der Waals surface area contributed by atoms with Crippen LogP contribution in [0.25, 0.3) is 0 Å². The second kappa shape index (κ2) is 12.5. The van der Waals surface area contributed by atoms with Crippen LogP contribution in [0.2, 0.25) is 10.0 Å². The van der Waals surface area contributed by atoms with Crippen molar-refractivity contribution in [2.75, 3.05) is 23.1 Å². The second-order valence-electron chi connectivity index (χ2n) is 7.60. The van der Waals surface area contributed by atoms with Gasteiger partial charge in [0.1, 0.15) is 6.54 Å².